The van der Waals surface area contributed by atoms with Crippen LogP contribution in [0.3, 0.4) is 0 Å². The van der Waals surface area contributed by atoms with Crippen LogP contribution in [0.2, 0.25) is 10.0 Å². The van der Waals surface area contributed by atoms with E-state index in [1.54, 1.807) is 19.2 Å². The largest absolute Gasteiger partial charge is 0.497 e. The van der Waals surface area contributed by atoms with Crippen molar-refractivity contribution in [1.82, 2.24) is 0 Å². The number of ether oxygens (including phenoxy) is 2. The fourth-order valence-electron chi connectivity index (χ4n) is 4.76. The topological polar surface area (TPSA) is 37.0 Å². The molecule has 2 fully saturated rings. The molecule has 0 radical (unpaired) electrons. The minimum Gasteiger partial charge on any atom is -0.497 e. The van der Waals surface area contributed by atoms with Crippen LogP contribution in [-0.4, -0.2) is 39.3 Å². The molecule has 2 aliphatic heterocycles. The smallest absolute Gasteiger partial charge is 0.411 e. The number of hydrogen-bond donors (Lipinski definition) is 1. The van der Waals surface area contributed by atoms with Crippen LogP contribution in [0.4, 0.5) is 30.2 Å². The summed E-state index contributed by atoms with van der Waals surface area (Å²) in [6.07, 6.45) is -2.71. The molecule has 0 spiro atoms. The Hall–Kier alpha value is -2.03. The van der Waals surface area contributed by atoms with Crippen molar-refractivity contribution in [2.75, 3.05) is 41.9 Å². The fourth-order valence-corrected chi connectivity index (χ4v) is 5.25. The number of rotatable bonds is 6. The standard InChI is InChI=1S/C23H24Cl2F3N3O2/c1-32-14-5-8-18(17(25)11-14)30-9-2-10-31-20-15(6-7-16(24)19(20)29-22(30)31)21(13-3-4-13)33-12-23(26,27)28/h5-8,11,13,21-22,29H,2-4,9-10,12H2,1H3. The summed E-state index contributed by atoms with van der Waals surface area (Å²) in [5.74, 6) is 0.744. The van der Waals surface area contributed by atoms with Crippen LogP contribution < -0.4 is 19.9 Å². The normalized spacial score (nSPS) is 20.8. The Kier molecular flexibility index (Phi) is 5.95. The highest BCUT2D eigenvalue weighted by molar-refractivity contribution is 6.34. The highest BCUT2D eigenvalue weighted by atomic mass is 35.5. The van der Waals surface area contributed by atoms with E-state index in [1.165, 1.54) is 0 Å². The Morgan fingerprint density at radius 1 is 1.09 bits per heavy atom. The lowest BCUT2D eigenvalue weighted by molar-refractivity contribution is -0.188. The molecule has 2 atom stereocenters. The van der Waals surface area contributed by atoms with Gasteiger partial charge in [0.1, 0.15) is 12.4 Å². The van der Waals surface area contributed by atoms with Crippen LogP contribution in [0.1, 0.15) is 30.9 Å². The van der Waals surface area contributed by atoms with Gasteiger partial charge in [-0.25, -0.2) is 0 Å². The second kappa shape index (κ2) is 8.64. The zero-order chi connectivity index (χ0) is 23.3. The summed E-state index contributed by atoms with van der Waals surface area (Å²) in [4.78, 5) is 4.31. The zero-order valence-corrected chi connectivity index (χ0v) is 19.5. The van der Waals surface area contributed by atoms with Crippen LogP contribution in [0, 0.1) is 5.92 Å². The first kappa shape index (κ1) is 22.7. The first-order valence-corrected chi connectivity index (χ1v) is 11.7. The molecule has 0 aromatic heterocycles. The van der Waals surface area contributed by atoms with Crippen molar-refractivity contribution in [2.45, 2.75) is 37.8 Å². The number of alkyl halides is 3. The molecular weight excluding hydrogens is 478 g/mol. The van der Waals surface area contributed by atoms with Crippen LogP contribution in [0.15, 0.2) is 30.3 Å². The number of anilines is 3. The van der Waals surface area contributed by atoms with Crippen LogP contribution in [0.25, 0.3) is 0 Å². The van der Waals surface area contributed by atoms with E-state index < -0.39 is 18.9 Å². The molecule has 33 heavy (non-hydrogen) atoms. The SMILES string of the molecule is COc1ccc(N2CCCN3c4c(C(OCC(F)(F)F)C5CC5)ccc(Cl)c4NC23)c(Cl)c1. The van der Waals surface area contributed by atoms with Gasteiger partial charge >= 0.3 is 6.18 Å². The zero-order valence-electron chi connectivity index (χ0n) is 18.0. The summed E-state index contributed by atoms with van der Waals surface area (Å²) < 4.78 is 49.6. The van der Waals surface area contributed by atoms with Crippen molar-refractivity contribution in [3.8, 4) is 5.75 Å². The summed E-state index contributed by atoms with van der Waals surface area (Å²) in [6, 6.07) is 9.08. The highest BCUT2D eigenvalue weighted by Gasteiger charge is 2.44. The molecule has 2 aromatic carbocycles. The van der Waals surface area contributed by atoms with Gasteiger partial charge in [-0.2, -0.15) is 13.2 Å². The molecule has 2 aromatic rings. The molecule has 3 aliphatic rings. The van der Waals surface area contributed by atoms with Gasteiger partial charge in [0, 0.05) is 24.7 Å². The predicted molar refractivity (Wildman–Crippen MR) is 124 cm³/mol. The number of fused-ring (bicyclic) bond motifs is 3. The van der Waals surface area contributed by atoms with E-state index in [2.05, 4.69) is 15.1 Å². The maximum Gasteiger partial charge on any atom is 0.411 e. The quantitative estimate of drug-likeness (QED) is 0.491. The molecule has 10 heteroatoms. The van der Waals surface area contributed by atoms with E-state index in [4.69, 9.17) is 32.7 Å². The molecule has 1 N–H and O–H groups in total. The van der Waals surface area contributed by atoms with E-state index in [0.29, 0.717) is 15.8 Å². The van der Waals surface area contributed by atoms with Crippen LogP contribution in [0.5, 0.6) is 5.75 Å². The van der Waals surface area contributed by atoms with Gasteiger partial charge in [-0.1, -0.05) is 29.3 Å². The lowest BCUT2D eigenvalue weighted by atomic mass is 10.0. The summed E-state index contributed by atoms with van der Waals surface area (Å²) in [5, 5.41) is 4.57. The third kappa shape index (κ3) is 4.40. The number of methoxy groups -OCH3 is 1. The number of benzene rings is 2. The Balaban J connectivity index is 1.50. The van der Waals surface area contributed by atoms with E-state index in [1.807, 2.05) is 18.2 Å². The third-order valence-corrected chi connectivity index (χ3v) is 6.97. The van der Waals surface area contributed by atoms with E-state index in [0.717, 1.165) is 55.0 Å². The highest BCUT2D eigenvalue weighted by Crippen LogP contribution is 2.53. The van der Waals surface area contributed by atoms with Crippen LogP contribution >= 0.6 is 23.2 Å². The van der Waals surface area contributed by atoms with Gasteiger partial charge in [0.25, 0.3) is 0 Å². The van der Waals surface area contributed by atoms with E-state index in [9.17, 15) is 13.2 Å². The monoisotopic (exact) mass is 501 g/mol. The second-order valence-corrected chi connectivity index (χ2v) is 9.43. The van der Waals surface area contributed by atoms with E-state index >= 15 is 0 Å². The Morgan fingerprint density at radius 2 is 1.85 bits per heavy atom. The minimum atomic E-state index is -4.38. The molecule has 2 unspecified atom stereocenters. The van der Waals surface area contributed by atoms with Gasteiger partial charge in [-0.05, 0) is 43.4 Å². The summed E-state index contributed by atoms with van der Waals surface area (Å²) >= 11 is 13.1. The van der Waals surface area contributed by atoms with Crippen molar-refractivity contribution in [3.05, 3.63) is 45.9 Å². The number of nitrogens with zero attached hydrogens (tertiary/aromatic N) is 2. The molecule has 1 saturated heterocycles. The lowest BCUT2D eigenvalue weighted by Crippen LogP contribution is -2.55. The molecule has 0 bridgehead atoms. The fraction of sp³-hybridized carbons (Fsp3) is 0.478. The Labute approximate surface area is 200 Å². The molecule has 1 saturated carbocycles. The molecule has 2 heterocycles. The predicted octanol–water partition coefficient (Wildman–Crippen LogP) is 6.46. The Morgan fingerprint density at radius 3 is 2.52 bits per heavy atom. The first-order chi connectivity index (χ1) is 15.8. The van der Waals surface area contributed by atoms with Gasteiger partial charge in [-0.15, -0.1) is 0 Å². The number of hydrogen-bond acceptors (Lipinski definition) is 5. The summed E-state index contributed by atoms with van der Waals surface area (Å²) in [7, 11) is 1.59. The number of halogens is 5. The van der Waals surface area contributed by atoms with Gasteiger partial charge in [-0.3, -0.25) is 0 Å². The van der Waals surface area contributed by atoms with Gasteiger partial charge < -0.3 is 24.6 Å². The van der Waals surface area contributed by atoms with Gasteiger partial charge in [0.2, 0.25) is 0 Å². The van der Waals surface area contributed by atoms with Crippen molar-refractivity contribution in [2.24, 2.45) is 5.92 Å². The molecule has 5 nitrogen and oxygen atoms in total. The molecule has 0 amide bonds. The molecular formula is C23H24Cl2F3N3O2. The van der Waals surface area contributed by atoms with Crippen LogP contribution in [-0.2, 0) is 4.74 Å². The molecule has 1 aliphatic carbocycles. The van der Waals surface area contributed by atoms with Crippen molar-refractivity contribution in [1.29, 1.82) is 0 Å². The minimum absolute atomic E-state index is 0.0774. The van der Waals surface area contributed by atoms with Crippen molar-refractivity contribution < 1.29 is 22.6 Å². The van der Waals surface area contributed by atoms with E-state index in [-0.39, 0.29) is 12.2 Å². The second-order valence-electron chi connectivity index (χ2n) is 8.62. The number of nitrogens with one attached hydrogen (secondary N) is 1. The first-order valence-electron chi connectivity index (χ1n) is 10.9. The summed E-state index contributed by atoms with van der Waals surface area (Å²) in [6.45, 7) is 0.229. The maximum absolute atomic E-state index is 13.0. The average Bonchev–Trinajstić information content (AvgIpc) is 3.53. The van der Waals surface area contributed by atoms with Crippen molar-refractivity contribution >= 4 is 40.3 Å². The van der Waals surface area contributed by atoms with Crippen molar-refractivity contribution in [3.63, 3.8) is 0 Å². The Bertz CT molecular complexity index is 1050. The lowest BCUT2D eigenvalue weighted by Gasteiger charge is -2.43. The summed E-state index contributed by atoms with van der Waals surface area (Å²) in [5.41, 5.74) is 3.13. The third-order valence-electron chi connectivity index (χ3n) is 6.35. The van der Waals surface area contributed by atoms with Gasteiger partial charge in [0.15, 0.2) is 6.29 Å². The average molecular weight is 502 g/mol. The molecule has 178 valence electrons. The molecule has 5 rings (SSSR count). The maximum atomic E-state index is 13.0. The van der Waals surface area contributed by atoms with Gasteiger partial charge in [0.05, 0.1) is 40.3 Å².